The second-order valence-electron chi connectivity index (χ2n) is 7.31. The molecule has 5 heteroatoms. The van der Waals surface area contributed by atoms with Crippen LogP contribution in [0.5, 0.6) is 0 Å². The Hall–Kier alpha value is -1.10. The van der Waals surface area contributed by atoms with E-state index in [1.165, 1.54) is 12.8 Å². The van der Waals surface area contributed by atoms with Crippen LogP contribution in [0.2, 0.25) is 0 Å². The summed E-state index contributed by atoms with van der Waals surface area (Å²) in [5, 5.41) is 3.20. The van der Waals surface area contributed by atoms with Gasteiger partial charge in [-0.2, -0.15) is 0 Å². The molecule has 2 bridgehead atoms. The Morgan fingerprint density at radius 3 is 2.43 bits per heavy atom. The van der Waals surface area contributed by atoms with Crippen LogP contribution >= 0.6 is 0 Å². The highest BCUT2D eigenvalue weighted by molar-refractivity contribution is 5.76. The number of primary amides is 1. The maximum atomic E-state index is 12.0. The molecule has 2 rings (SSSR count). The van der Waals surface area contributed by atoms with Crippen LogP contribution in [0.25, 0.3) is 0 Å². The van der Waals surface area contributed by atoms with E-state index >= 15 is 0 Å². The number of fused-ring (bicyclic) bond motifs is 2. The monoisotopic (exact) mass is 296 g/mol. The quantitative estimate of drug-likeness (QED) is 0.700. The highest BCUT2D eigenvalue weighted by atomic mass is 16.5. The fraction of sp³-hybridized carbons (Fsp3) is 0.875. The van der Waals surface area contributed by atoms with Gasteiger partial charge in [-0.15, -0.1) is 0 Å². The number of carbonyl (C=O) groups is 2. The van der Waals surface area contributed by atoms with Crippen molar-refractivity contribution in [1.82, 2.24) is 5.32 Å². The van der Waals surface area contributed by atoms with E-state index in [9.17, 15) is 9.59 Å². The van der Waals surface area contributed by atoms with Crippen molar-refractivity contribution in [3.05, 3.63) is 0 Å². The van der Waals surface area contributed by atoms with E-state index in [1.54, 1.807) is 0 Å². The van der Waals surface area contributed by atoms with E-state index in [4.69, 9.17) is 10.5 Å². The summed E-state index contributed by atoms with van der Waals surface area (Å²) >= 11 is 0. The molecule has 21 heavy (non-hydrogen) atoms. The normalized spacial score (nSPS) is 33.1. The molecule has 0 aliphatic heterocycles. The van der Waals surface area contributed by atoms with Crippen LogP contribution in [0.15, 0.2) is 0 Å². The Kier molecular flexibility index (Phi) is 4.61. The molecule has 5 nitrogen and oxygen atoms in total. The van der Waals surface area contributed by atoms with Crippen LogP contribution in [-0.2, 0) is 14.3 Å². The molecule has 2 aliphatic carbocycles. The highest BCUT2D eigenvalue weighted by Gasteiger charge is 2.61. The van der Waals surface area contributed by atoms with Crippen molar-refractivity contribution in [2.24, 2.45) is 22.5 Å². The van der Waals surface area contributed by atoms with Gasteiger partial charge in [0.25, 0.3) is 0 Å². The predicted molar refractivity (Wildman–Crippen MR) is 80.4 cm³/mol. The van der Waals surface area contributed by atoms with Gasteiger partial charge in [0, 0.05) is 18.9 Å². The second kappa shape index (κ2) is 5.95. The average molecular weight is 296 g/mol. The summed E-state index contributed by atoms with van der Waals surface area (Å²) in [6.07, 6.45) is 4.13. The number of amides is 2. The first kappa shape index (κ1) is 16.3. The van der Waals surface area contributed by atoms with Gasteiger partial charge in [-0.25, -0.2) is 0 Å². The number of hydrogen-bond acceptors (Lipinski definition) is 3. The second-order valence-corrected chi connectivity index (χ2v) is 7.31. The lowest BCUT2D eigenvalue weighted by atomic mass is 9.69. The Balaban J connectivity index is 1.73. The largest absolute Gasteiger partial charge is 0.380 e. The van der Waals surface area contributed by atoms with Gasteiger partial charge in [-0.05, 0) is 36.0 Å². The lowest BCUT2D eigenvalue weighted by Gasteiger charge is -2.39. The summed E-state index contributed by atoms with van der Waals surface area (Å²) in [6, 6.07) is 0.282. The number of carbonyl (C=O) groups excluding carboxylic acids is 2. The molecular weight excluding hydrogens is 268 g/mol. The molecule has 0 aromatic heterocycles. The highest BCUT2D eigenvalue weighted by Crippen LogP contribution is 2.65. The lowest BCUT2D eigenvalue weighted by Crippen LogP contribution is -2.47. The van der Waals surface area contributed by atoms with Gasteiger partial charge in [-0.3, -0.25) is 9.59 Å². The third-order valence-electron chi connectivity index (χ3n) is 6.10. The molecule has 0 aromatic carbocycles. The van der Waals surface area contributed by atoms with Crippen molar-refractivity contribution in [2.45, 2.75) is 58.9 Å². The maximum absolute atomic E-state index is 12.0. The van der Waals surface area contributed by atoms with E-state index < -0.39 is 0 Å². The van der Waals surface area contributed by atoms with Crippen molar-refractivity contribution in [3.63, 3.8) is 0 Å². The van der Waals surface area contributed by atoms with E-state index in [-0.39, 0.29) is 29.7 Å². The molecule has 2 saturated carbocycles. The lowest BCUT2D eigenvalue weighted by molar-refractivity contribution is -0.124. The Bertz CT molecular complexity index is 422. The van der Waals surface area contributed by atoms with E-state index in [2.05, 4.69) is 26.1 Å². The number of ether oxygens (including phenoxy) is 1. The topological polar surface area (TPSA) is 81.4 Å². The van der Waals surface area contributed by atoms with Crippen LogP contribution in [0.1, 0.15) is 52.9 Å². The Morgan fingerprint density at radius 1 is 1.24 bits per heavy atom. The minimum Gasteiger partial charge on any atom is -0.380 e. The van der Waals surface area contributed by atoms with Crippen LogP contribution in [0, 0.1) is 16.7 Å². The van der Waals surface area contributed by atoms with Gasteiger partial charge in [0.05, 0.1) is 13.2 Å². The van der Waals surface area contributed by atoms with Crippen molar-refractivity contribution < 1.29 is 14.3 Å². The Morgan fingerprint density at radius 2 is 1.90 bits per heavy atom. The molecule has 3 atom stereocenters. The molecule has 2 aliphatic rings. The van der Waals surface area contributed by atoms with Crippen molar-refractivity contribution >= 4 is 11.8 Å². The van der Waals surface area contributed by atoms with Crippen LogP contribution < -0.4 is 11.1 Å². The molecule has 2 fully saturated rings. The summed E-state index contributed by atoms with van der Waals surface area (Å²) in [5.41, 5.74) is 5.54. The first-order valence-corrected chi connectivity index (χ1v) is 7.93. The summed E-state index contributed by atoms with van der Waals surface area (Å²) < 4.78 is 5.25. The number of nitrogens with two attached hydrogens (primary N) is 1. The minimum absolute atomic E-state index is 0.0450. The third-order valence-corrected chi connectivity index (χ3v) is 6.10. The molecule has 0 spiro atoms. The molecule has 0 saturated heterocycles. The molecular formula is C16H28N2O3. The predicted octanol–water partition coefficient (Wildman–Crippen LogP) is 1.60. The molecule has 0 heterocycles. The van der Waals surface area contributed by atoms with Gasteiger partial charge >= 0.3 is 0 Å². The van der Waals surface area contributed by atoms with E-state index in [1.807, 2.05) is 0 Å². The molecule has 0 radical (unpaired) electrons. The first-order valence-electron chi connectivity index (χ1n) is 7.93. The minimum atomic E-state index is -0.378. The van der Waals surface area contributed by atoms with Gasteiger partial charge < -0.3 is 15.8 Å². The zero-order valence-electron chi connectivity index (χ0n) is 13.4. The molecule has 3 N–H and O–H groups in total. The van der Waals surface area contributed by atoms with Gasteiger partial charge in [0.1, 0.15) is 0 Å². The van der Waals surface area contributed by atoms with E-state index in [0.717, 1.165) is 12.3 Å². The zero-order valence-corrected chi connectivity index (χ0v) is 13.4. The van der Waals surface area contributed by atoms with Crippen molar-refractivity contribution in [1.29, 1.82) is 0 Å². The van der Waals surface area contributed by atoms with Crippen LogP contribution in [0.4, 0.5) is 0 Å². The van der Waals surface area contributed by atoms with Gasteiger partial charge in [0.15, 0.2) is 0 Å². The standard InChI is InChI=1S/C16H28N2O3/c1-15(2)11-4-7-16(15,3)12(10-11)18-14(20)6-9-21-8-5-13(17)19/h11-12H,4-10H2,1-3H3,(H2,17,19)(H,18,20)/t11-,12+,16+/m0/s1. The molecule has 0 aromatic rings. The number of hydrogen-bond donors (Lipinski definition) is 2. The number of nitrogens with one attached hydrogen (secondary N) is 1. The van der Waals surface area contributed by atoms with Gasteiger partial charge in [0.2, 0.25) is 11.8 Å². The molecule has 120 valence electrons. The first-order chi connectivity index (χ1) is 9.77. The Labute approximate surface area is 127 Å². The van der Waals surface area contributed by atoms with Crippen LogP contribution in [-0.4, -0.2) is 31.1 Å². The van der Waals surface area contributed by atoms with Crippen molar-refractivity contribution in [3.8, 4) is 0 Å². The molecule has 0 unspecified atom stereocenters. The van der Waals surface area contributed by atoms with Crippen molar-refractivity contribution in [2.75, 3.05) is 13.2 Å². The van der Waals surface area contributed by atoms with Gasteiger partial charge in [-0.1, -0.05) is 20.8 Å². The number of rotatable bonds is 7. The fourth-order valence-corrected chi connectivity index (χ4v) is 4.13. The van der Waals surface area contributed by atoms with Crippen LogP contribution in [0.3, 0.4) is 0 Å². The SMILES string of the molecule is CC1(C)[C@H]2CC[C@]1(C)[C@H](NC(=O)CCOCCC(N)=O)C2. The zero-order chi connectivity index (χ0) is 15.7. The maximum Gasteiger partial charge on any atom is 0.222 e. The summed E-state index contributed by atoms with van der Waals surface area (Å²) in [7, 11) is 0. The average Bonchev–Trinajstić information content (AvgIpc) is 2.71. The summed E-state index contributed by atoms with van der Waals surface area (Å²) in [5.74, 6) is 0.389. The third kappa shape index (κ3) is 3.07. The van der Waals surface area contributed by atoms with E-state index in [0.29, 0.717) is 25.0 Å². The fourth-order valence-electron chi connectivity index (χ4n) is 4.13. The molecule has 2 amide bonds. The smallest absolute Gasteiger partial charge is 0.222 e. The summed E-state index contributed by atoms with van der Waals surface area (Å²) in [4.78, 5) is 22.6. The summed E-state index contributed by atoms with van der Waals surface area (Å²) in [6.45, 7) is 7.62.